The molecular formula is C13H24N2O3. The van der Waals surface area contributed by atoms with E-state index in [0.717, 1.165) is 12.8 Å². The fourth-order valence-corrected chi connectivity index (χ4v) is 2.50. The molecule has 0 aromatic heterocycles. The van der Waals surface area contributed by atoms with Gasteiger partial charge in [0.1, 0.15) is 6.04 Å². The lowest BCUT2D eigenvalue weighted by Gasteiger charge is -2.28. The molecule has 1 rings (SSSR count). The van der Waals surface area contributed by atoms with Crippen molar-refractivity contribution in [2.45, 2.75) is 64.5 Å². The predicted molar refractivity (Wildman–Crippen MR) is 69.4 cm³/mol. The van der Waals surface area contributed by atoms with Gasteiger partial charge in [0.15, 0.2) is 0 Å². The minimum absolute atomic E-state index is 0.108. The van der Waals surface area contributed by atoms with E-state index in [0.29, 0.717) is 12.3 Å². The monoisotopic (exact) mass is 256 g/mol. The zero-order valence-electron chi connectivity index (χ0n) is 11.2. The number of rotatable bonds is 5. The van der Waals surface area contributed by atoms with Crippen LogP contribution in [0.25, 0.3) is 0 Å². The number of carboxylic acids is 1. The summed E-state index contributed by atoms with van der Waals surface area (Å²) in [6.07, 6.45) is 6.43. The molecule has 2 atom stereocenters. The van der Waals surface area contributed by atoms with Crippen LogP contribution in [0.5, 0.6) is 0 Å². The van der Waals surface area contributed by atoms with Crippen molar-refractivity contribution < 1.29 is 14.7 Å². The first kappa shape index (κ1) is 14.8. The summed E-state index contributed by atoms with van der Waals surface area (Å²) in [4.78, 5) is 22.5. The van der Waals surface area contributed by atoms with Gasteiger partial charge in [-0.1, -0.05) is 26.2 Å². The van der Waals surface area contributed by atoms with E-state index in [-0.39, 0.29) is 12.1 Å². The molecule has 0 spiro atoms. The molecule has 0 bridgehead atoms. The molecule has 1 fully saturated rings. The van der Waals surface area contributed by atoms with E-state index in [1.807, 2.05) is 6.92 Å². The van der Waals surface area contributed by atoms with Gasteiger partial charge in [0.05, 0.1) is 0 Å². The third-order valence-electron chi connectivity index (χ3n) is 3.73. The molecule has 1 aliphatic rings. The molecule has 0 heterocycles. The average molecular weight is 256 g/mol. The van der Waals surface area contributed by atoms with Gasteiger partial charge in [0.2, 0.25) is 0 Å². The Hall–Kier alpha value is -1.26. The van der Waals surface area contributed by atoms with Crippen molar-refractivity contribution in [3.63, 3.8) is 0 Å². The number of hydrogen-bond acceptors (Lipinski definition) is 2. The number of nitrogens with one attached hydrogen (secondary N) is 2. The highest BCUT2D eigenvalue weighted by atomic mass is 16.4. The summed E-state index contributed by atoms with van der Waals surface area (Å²) in [6.45, 7) is 3.74. The van der Waals surface area contributed by atoms with Gasteiger partial charge in [-0.25, -0.2) is 9.59 Å². The smallest absolute Gasteiger partial charge is 0.326 e. The Kier molecular flexibility index (Phi) is 5.95. The average Bonchev–Trinajstić information content (AvgIpc) is 2.36. The first-order valence-corrected chi connectivity index (χ1v) is 6.84. The number of amides is 2. The first-order chi connectivity index (χ1) is 8.54. The summed E-state index contributed by atoms with van der Waals surface area (Å²) in [5, 5.41) is 14.2. The summed E-state index contributed by atoms with van der Waals surface area (Å²) >= 11 is 0. The SMILES string of the molecule is CCC(NC(=O)NC(C)C1CCCCC1)C(=O)O. The molecule has 5 heteroatoms. The highest BCUT2D eigenvalue weighted by Gasteiger charge is 2.23. The maximum absolute atomic E-state index is 11.7. The number of urea groups is 1. The molecule has 104 valence electrons. The molecule has 3 N–H and O–H groups in total. The van der Waals surface area contributed by atoms with E-state index < -0.39 is 12.0 Å². The Morgan fingerprint density at radius 3 is 2.33 bits per heavy atom. The van der Waals surface area contributed by atoms with Crippen LogP contribution in [-0.4, -0.2) is 29.2 Å². The van der Waals surface area contributed by atoms with Crippen molar-refractivity contribution in [3.05, 3.63) is 0 Å². The second-order valence-electron chi connectivity index (χ2n) is 5.10. The van der Waals surface area contributed by atoms with Crippen LogP contribution in [0.1, 0.15) is 52.4 Å². The number of carboxylic acid groups (broad SMARTS) is 1. The van der Waals surface area contributed by atoms with Gasteiger partial charge >= 0.3 is 12.0 Å². The van der Waals surface area contributed by atoms with E-state index in [1.54, 1.807) is 6.92 Å². The van der Waals surface area contributed by atoms with Crippen LogP contribution >= 0.6 is 0 Å². The summed E-state index contributed by atoms with van der Waals surface area (Å²) < 4.78 is 0. The predicted octanol–water partition coefficient (Wildman–Crippen LogP) is 2.12. The van der Waals surface area contributed by atoms with E-state index in [2.05, 4.69) is 10.6 Å². The topological polar surface area (TPSA) is 78.4 Å². The molecule has 1 aliphatic carbocycles. The highest BCUT2D eigenvalue weighted by Crippen LogP contribution is 2.26. The van der Waals surface area contributed by atoms with Crippen molar-refractivity contribution in [2.24, 2.45) is 5.92 Å². The minimum Gasteiger partial charge on any atom is -0.480 e. The molecule has 0 saturated heterocycles. The molecule has 0 aliphatic heterocycles. The standard InChI is InChI=1S/C13H24N2O3/c1-3-11(12(16)17)15-13(18)14-9(2)10-7-5-4-6-8-10/h9-11H,3-8H2,1-2H3,(H,16,17)(H2,14,15,18). The maximum Gasteiger partial charge on any atom is 0.326 e. The van der Waals surface area contributed by atoms with Gasteiger partial charge in [-0.05, 0) is 32.1 Å². The van der Waals surface area contributed by atoms with Crippen LogP contribution in [0.2, 0.25) is 0 Å². The summed E-state index contributed by atoms with van der Waals surface area (Å²) in [5.41, 5.74) is 0. The van der Waals surface area contributed by atoms with Gasteiger partial charge < -0.3 is 15.7 Å². The van der Waals surface area contributed by atoms with Crippen LogP contribution in [0.15, 0.2) is 0 Å². The van der Waals surface area contributed by atoms with Crippen molar-refractivity contribution in [1.29, 1.82) is 0 Å². The van der Waals surface area contributed by atoms with Gasteiger partial charge in [-0.2, -0.15) is 0 Å². The first-order valence-electron chi connectivity index (χ1n) is 6.84. The number of hydrogen-bond donors (Lipinski definition) is 3. The van der Waals surface area contributed by atoms with E-state index in [1.165, 1.54) is 19.3 Å². The Morgan fingerprint density at radius 2 is 1.83 bits per heavy atom. The normalized spacial score (nSPS) is 19.9. The van der Waals surface area contributed by atoms with Crippen LogP contribution in [0.4, 0.5) is 4.79 Å². The Morgan fingerprint density at radius 1 is 1.22 bits per heavy atom. The second kappa shape index (κ2) is 7.24. The van der Waals surface area contributed by atoms with Crippen molar-refractivity contribution in [2.75, 3.05) is 0 Å². The molecular weight excluding hydrogens is 232 g/mol. The lowest BCUT2D eigenvalue weighted by molar-refractivity contribution is -0.139. The fourth-order valence-electron chi connectivity index (χ4n) is 2.50. The molecule has 2 unspecified atom stereocenters. The molecule has 0 radical (unpaired) electrons. The largest absolute Gasteiger partial charge is 0.480 e. The maximum atomic E-state index is 11.7. The molecule has 5 nitrogen and oxygen atoms in total. The molecule has 0 aromatic rings. The summed E-state index contributed by atoms with van der Waals surface area (Å²) in [5.74, 6) is -0.465. The molecule has 18 heavy (non-hydrogen) atoms. The molecule has 2 amide bonds. The minimum atomic E-state index is -0.988. The van der Waals surface area contributed by atoms with Crippen LogP contribution in [0.3, 0.4) is 0 Å². The molecule has 1 saturated carbocycles. The van der Waals surface area contributed by atoms with Crippen molar-refractivity contribution >= 4 is 12.0 Å². The number of carbonyl (C=O) groups is 2. The quantitative estimate of drug-likeness (QED) is 0.705. The zero-order valence-corrected chi connectivity index (χ0v) is 11.2. The Labute approximate surface area is 108 Å². The molecule has 0 aromatic carbocycles. The third-order valence-corrected chi connectivity index (χ3v) is 3.73. The lowest BCUT2D eigenvalue weighted by atomic mass is 9.85. The van der Waals surface area contributed by atoms with Crippen LogP contribution < -0.4 is 10.6 Å². The van der Waals surface area contributed by atoms with Crippen molar-refractivity contribution in [1.82, 2.24) is 10.6 Å². The van der Waals surface area contributed by atoms with Gasteiger partial charge in [0, 0.05) is 6.04 Å². The summed E-state index contributed by atoms with van der Waals surface area (Å²) in [6, 6.07) is -1.07. The Balaban J connectivity index is 2.36. The number of carbonyl (C=O) groups excluding carboxylic acids is 1. The fraction of sp³-hybridized carbons (Fsp3) is 0.846. The van der Waals surface area contributed by atoms with E-state index >= 15 is 0 Å². The lowest BCUT2D eigenvalue weighted by Crippen LogP contribution is -2.49. The third kappa shape index (κ3) is 4.55. The second-order valence-corrected chi connectivity index (χ2v) is 5.10. The van der Waals surface area contributed by atoms with Gasteiger partial charge in [-0.3, -0.25) is 0 Å². The van der Waals surface area contributed by atoms with Gasteiger partial charge in [0.25, 0.3) is 0 Å². The Bertz CT molecular complexity index is 288. The van der Waals surface area contributed by atoms with Crippen LogP contribution in [0, 0.1) is 5.92 Å². The zero-order chi connectivity index (χ0) is 13.5. The summed E-state index contributed by atoms with van der Waals surface area (Å²) in [7, 11) is 0. The van der Waals surface area contributed by atoms with Gasteiger partial charge in [-0.15, -0.1) is 0 Å². The van der Waals surface area contributed by atoms with Crippen LogP contribution in [-0.2, 0) is 4.79 Å². The van der Waals surface area contributed by atoms with E-state index in [4.69, 9.17) is 5.11 Å². The van der Waals surface area contributed by atoms with E-state index in [9.17, 15) is 9.59 Å². The number of aliphatic carboxylic acids is 1. The van der Waals surface area contributed by atoms with Crippen molar-refractivity contribution in [3.8, 4) is 0 Å². The highest BCUT2D eigenvalue weighted by molar-refractivity contribution is 5.82.